The van der Waals surface area contributed by atoms with E-state index in [9.17, 15) is 0 Å². The summed E-state index contributed by atoms with van der Waals surface area (Å²) >= 11 is 5.44. The molecule has 3 rings (SSSR count). The van der Waals surface area contributed by atoms with Crippen LogP contribution in [0.25, 0.3) is 0 Å². The van der Waals surface area contributed by atoms with E-state index in [1.54, 1.807) is 7.11 Å². The van der Waals surface area contributed by atoms with Crippen LogP contribution in [0.4, 0.5) is 17.6 Å². The molecule has 1 aromatic rings. The summed E-state index contributed by atoms with van der Waals surface area (Å²) in [5.74, 6) is 2.60. The van der Waals surface area contributed by atoms with Crippen molar-refractivity contribution in [1.82, 2.24) is 15.3 Å². The number of nitrogens with one attached hydrogen (secondary N) is 2. The number of anilines is 3. The van der Waals surface area contributed by atoms with Crippen LogP contribution < -0.4 is 20.4 Å². The summed E-state index contributed by atoms with van der Waals surface area (Å²) in [4.78, 5) is 14.4. The normalized spacial score (nSPS) is 20.1. The third-order valence-electron chi connectivity index (χ3n) is 5.51. The lowest BCUT2D eigenvalue weighted by Gasteiger charge is -2.35. The van der Waals surface area contributed by atoms with Crippen molar-refractivity contribution in [3.8, 4) is 0 Å². The van der Waals surface area contributed by atoms with Crippen molar-refractivity contribution in [2.24, 2.45) is 0 Å². The Morgan fingerprint density at radius 2 is 1.89 bits per heavy atom. The molecule has 0 aromatic carbocycles. The van der Waals surface area contributed by atoms with Crippen LogP contribution >= 0.6 is 12.2 Å². The second kappa shape index (κ2) is 10.8. The van der Waals surface area contributed by atoms with E-state index >= 15 is 0 Å². The molecule has 2 fully saturated rings. The molecule has 0 radical (unpaired) electrons. The molecular weight excluding hydrogens is 372 g/mol. The molecule has 7 nitrogen and oxygen atoms in total. The Bertz CT molecular complexity index is 637. The number of hydrogen-bond acceptors (Lipinski definition) is 6. The highest BCUT2D eigenvalue weighted by Gasteiger charge is 2.23. The topological polar surface area (TPSA) is 65.6 Å². The highest BCUT2D eigenvalue weighted by atomic mass is 32.1. The molecule has 2 N–H and O–H groups in total. The smallest absolute Gasteiger partial charge is 0.232 e. The Hall–Kier alpha value is -1.67. The average molecular weight is 407 g/mol. The van der Waals surface area contributed by atoms with Gasteiger partial charge in [-0.3, -0.25) is 0 Å². The molecule has 3 heterocycles. The highest BCUT2D eigenvalue weighted by Crippen LogP contribution is 2.28. The van der Waals surface area contributed by atoms with Crippen LogP contribution in [0.5, 0.6) is 0 Å². The first kappa shape index (κ1) is 21.0. The van der Waals surface area contributed by atoms with E-state index in [2.05, 4.69) is 33.4 Å². The fraction of sp³-hybridized carbons (Fsp3) is 0.750. The molecule has 2 aliphatic rings. The number of aromatic nitrogens is 2. The summed E-state index contributed by atoms with van der Waals surface area (Å²) in [5, 5.41) is 6.96. The molecular formula is C20H34N6OS. The molecule has 1 atom stereocenters. The number of hydrogen-bond donors (Lipinski definition) is 2. The first-order valence-corrected chi connectivity index (χ1v) is 11.0. The maximum atomic E-state index is 5.44. The van der Waals surface area contributed by atoms with Gasteiger partial charge in [-0.2, -0.15) is 9.97 Å². The van der Waals surface area contributed by atoms with E-state index in [1.165, 1.54) is 38.5 Å². The molecule has 28 heavy (non-hydrogen) atoms. The van der Waals surface area contributed by atoms with Crippen LogP contribution in [-0.2, 0) is 4.74 Å². The van der Waals surface area contributed by atoms with Gasteiger partial charge in [0.2, 0.25) is 5.95 Å². The summed E-state index contributed by atoms with van der Waals surface area (Å²) < 4.78 is 5.08. The minimum absolute atomic E-state index is 0.504. The number of rotatable bonds is 7. The maximum Gasteiger partial charge on any atom is 0.232 e. The van der Waals surface area contributed by atoms with Crippen molar-refractivity contribution in [2.45, 2.75) is 57.9 Å². The zero-order valence-corrected chi connectivity index (χ0v) is 18.1. The molecule has 8 heteroatoms. The van der Waals surface area contributed by atoms with Crippen molar-refractivity contribution < 1.29 is 4.74 Å². The number of ether oxygens (including phenoxy) is 1. The lowest BCUT2D eigenvalue weighted by atomic mass is 10.0. The number of nitrogens with zero attached hydrogens (tertiary/aromatic N) is 4. The van der Waals surface area contributed by atoms with Gasteiger partial charge in [-0.25, -0.2) is 0 Å². The predicted molar refractivity (Wildman–Crippen MR) is 119 cm³/mol. The molecule has 2 aliphatic heterocycles. The van der Waals surface area contributed by atoms with E-state index in [0.29, 0.717) is 23.7 Å². The quantitative estimate of drug-likeness (QED) is 0.529. The van der Waals surface area contributed by atoms with Crippen LogP contribution in [0.15, 0.2) is 6.07 Å². The van der Waals surface area contributed by atoms with E-state index in [1.807, 2.05) is 0 Å². The van der Waals surface area contributed by atoms with Gasteiger partial charge in [-0.1, -0.05) is 0 Å². The zero-order valence-electron chi connectivity index (χ0n) is 17.2. The fourth-order valence-electron chi connectivity index (χ4n) is 3.91. The molecule has 2 saturated heterocycles. The van der Waals surface area contributed by atoms with Crippen molar-refractivity contribution in [1.29, 1.82) is 0 Å². The molecule has 0 spiro atoms. The third-order valence-corrected chi connectivity index (χ3v) is 5.76. The summed E-state index contributed by atoms with van der Waals surface area (Å²) in [6.45, 7) is 6.94. The lowest BCUT2D eigenvalue weighted by molar-refractivity contribution is 0.196. The summed E-state index contributed by atoms with van der Waals surface area (Å²) in [5.41, 5.74) is 0. The molecule has 1 aromatic heterocycles. The van der Waals surface area contributed by atoms with E-state index < -0.39 is 0 Å². The zero-order chi connectivity index (χ0) is 19.8. The van der Waals surface area contributed by atoms with E-state index in [-0.39, 0.29) is 0 Å². The monoisotopic (exact) mass is 406 g/mol. The van der Waals surface area contributed by atoms with Crippen molar-refractivity contribution in [3.05, 3.63) is 6.07 Å². The Labute approximate surface area is 174 Å². The van der Waals surface area contributed by atoms with Gasteiger partial charge < -0.3 is 25.2 Å². The molecule has 0 amide bonds. The molecule has 0 unspecified atom stereocenters. The Morgan fingerprint density at radius 3 is 2.64 bits per heavy atom. The fourth-order valence-corrected chi connectivity index (χ4v) is 4.11. The minimum atomic E-state index is 0.504. The Balaban J connectivity index is 1.75. The van der Waals surface area contributed by atoms with Crippen LogP contribution in [-0.4, -0.2) is 61.0 Å². The van der Waals surface area contributed by atoms with Gasteiger partial charge in [0.1, 0.15) is 11.6 Å². The minimum Gasteiger partial charge on any atom is -0.385 e. The van der Waals surface area contributed by atoms with Gasteiger partial charge in [0.25, 0.3) is 0 Å². The van der Waals surface area contributed by atoms with Crippen molar-refractivity contribution >= 4 is 34.9 Å². The largest absolute Gasteiger partial charge is 0.385 e. The van der Waals surface area contributed by atoms with Crippen LogP contribution in [0.1, 0.15) is 51.9 Å². The van der Waals surface area contributed by atoms with Crippen molar-refractivity contribution in [3.63, 3.8) is 0 Å². The highest BCUT2D eigenvalue weighted by molar-refractivity contribution is 7.80. The first-order chi connectivity index (χ1) is 13.7. The number of thiocarbonyl (C=S) groups is 1. The average Bonchev–Trinajstić information content (AvgIpc) is 2.72. The Morgan fingerprint density at radius 1 is 1.14 bits per heavy atom. The number of piperidine rings is 2. The van der Waals surface area contributed by atoms with Gasteiger partial charge in [-0.05, 0) is 64.1 Å². The molecule has 156 valence electrons. The van der Waals surface area contributed by atoms with Gasteiger partial charge in [0, 0.05) is 52.0 Å². The Kier molecular flexibility index (Phi) is 8.09. The summed E-state index contributed by atoms with van der Waals surface area (Å²) in [6, 6.07) is 2.66. The second-order valence-corrected chi connectivity index (χ2v) is 8.13. The van der Waals surface area contributed by atoms with Crippen LogP contribution in [0, 0.1) is 0 Å². The van der Waals surface area contributed by atoms with Gasteiger partial charge in [0.05, 0.1) is 0 Å². The predicted octanol–water partition coefficient (Wildman–Crippen LogP) is 3.17. The summed E-state index contributed by atoms with van der Waals surface area (Å²) in [6.07, 6.45) is 8.38. The van der Waals surface area contributed by atoms with Gasteiger partial charge in [0.15, 0.2) is 5.11 Å². The molecule has 0 bridgehead atoms. The maximum absolute atomic E-state index is 5.44. The van der Waals surface area contributed by atoms with E-state index in [4.69, 9.17) is 26.9 Å². The van der Waals surface area contributed by atoms with E-state index in [0.717, 1.165) is 44.2 Å². The van der Waals surface area contributed by atoms with Gasteiger partial charge in [-0.15, -0.1) is 0 Å². The van der Waals surface area contributed by atoms with Crippen molar-refractivity contribution in [2.75, 3.05) is 55.0 Å². The molecule has 0 aliphatic carbocycles. The SMILES string of the molecule is COCCCNC(=S)Nc1nc(N2CCCCC2)cc(N2CCCC[C@H]2C)n1. The standard InChI is InChI=1S/C20H34N6OS/c1-16-9-4-7-13-26(16)18-15-17(25-11-5-3-6-12-25)22-19(23-18)24-20(28)21-10-8-14-27-2/h15-16H,3-14H2,1-2H3,(H2,21,22,23,24,28)/t16-/m1/s1. The number of methoxy groups -OCH3 is 1. The second-order valence-electron chi connectivity index (χ2n) is 7.72. The third kappa shape index (κ3) is 5.91. The van der Waals surface area contributed by atoms with Gasteiger partial charge >= 0.3 is 0 Å². The van der Waals surface area contributed by atoms with Crippen LogP contribution in [0.3, 0.4) is 0 Å². The first-order valence-electron chi connectivity index (χ1n) is 10.6. The summed E-state index contributed by atoms with van der Waals surface area (Å²) in [7, 11) is 1.71. The lowest BCUT2D eigenvalue weighted by Crippen LogP contribution is -2.39. The van der Waals surface area contributed by atoms with Crippen LogP contribution in [0.2, 0.25) is 0 Å². The molecule has 0 saturated carbocycles.